The van der Waals surface area contributed by atoms with E-state index in [4.69, 9.17) is 11.6 Å². The summed E-state index contributed by atoms with van der Waals surface area (Å²) in [5, 5.41) is 3.51. The zero-order valence-electron chi connectivity index (χ0n) is 12.3. The van der Waals surface area contributed by atoms with Crippen molar-refractivity contribution in [2.24, 2.45) is 0 Å². The van der Waals surface area contributed by atoms with Crippen LogP contribution in [0.25, 0.3) is 0 Å². The van der Waals surface area contributed by atoms with Crippen molar-refractivity contribution in [3.8, 4) is 0 Å². The maximum absolute atomic E-state index is 12.0. The fourth-order valence-corrected chi connectivity index (χ4v) is 3.24. The number of hydrogen-bond acceptors (Lipinski definition) is 2. The van der Waals surface area contributed by atoms with Crippen LogP contribution in [0.4, 0.5) is 0 Å². The number of halogens is 1. The molecule has 0 radical (unpaired) electrons. The zero-order valence-corrected chi connectivity index (χ0v) is 13.9. The molecule has 22 heavy (non-hydrogen) atoms. The van der Waals surface area contributed by atoms with Gasteiger partial charge in [-0.05, 0) is 30.2 Å². The highest BCUT2D eigenvalue weighted by Gasteiger charge is 2.12. The molecule has 5 heteroatoms. The maximum Gasteiger partial charge on any atom is 0.233 e. The Labute approximate surface area is 138 Å². The van der Waals surface area contributed by atoms with Crippen LogP contribution in [0.5, 0.6) is 0 Å². The van der Waals surface area contributed by atoms with Crippen molar-refractivity contribution in [2.75, 3.05) is 5.75 Å². The van der Waals surface area contributed by atoms with Crippen LogP contribution in [-0.4, -0.2) is 15.9 Å². The van der Waals surface area contributed by atoms with Crippen molar-refractivity contribution in [2.45, 2.75) is 18.7 Å². The molecule has 1 amide bonds. The van der Waals surface area contributed by atoms with Crippen LogP contribution < -0.4 is 5.32 Å². The molecule has 0 heterocycles. The van der Waals surface area contributed by atoms with Gasteiger partial charge >= 0.3 is 0 Å². The topological polar surface area (TPSA) is 46.2 Å². The number of carbonyl (C=O) groups is 1. The largest absolute Gasteiger partial charge is 0.349 e. The van der Waals surface area contributed by atoms with E-state index in [0.717, 1.165) is 11.1 Å². The molecule has 0 spiro atoms. The van der Waals surface area contributed by atoms with E-state index >= 15 is 0 Å². The Morgan fingerprint density at radius 1 is 1.14 bits per heavy atom. The fourth-order valence-electron chi connectivity index (χ4n) is 2.07. The first-order valence-corrected chi connectivity index (χ1v) is 8.85. The summed E-state index contributed by atoms with van der Waals surface area (Å²) >= 11 is 5.81. The summed E-state index contributed by atoms with van der Waals surface area (Å²) < 4.78 is 12.0. The van der Waals surface area contributed by atoms with Crippen LogP contribution in [-0.2, 0) is 21.3 Å². The van der Waals surface area contributed by atoms with Gasteiger partial charge in [0.05, 0.1) is 6.04 Å². The van der Waals surface area contributed by atoms with E-state index in [0.29, 0.717) is 10.8 Å². The van der Waals surface area contributed by atoms with Crippen molar-refractivity contribution >= 4 is 28.3 Å². The van der Waals surface area contributed by atoms with Crippen LogP contribution in [0, 0.1) is 0 Å². The van der Waals surface area contributed by atoms with E-state index in [1.54, 1.807) is 12.1 Å². The fraction of sp³-hybridized carbons (Fsp3) is 0.235. The molecule has 0 aliphatic rings. The van der Waals surface area contributed by atoms with E-state index < -0.39 is 10.8 Å². The van der Waals surface area contributed by atoms with Crippen molar-refractivity contribution in [3.05, 3.63) is 70.7 Å². The van der Waals surface area contributed by atoms with Gasteiger partial charge < -0.3 is 5.32 Å². The van der Waals surface area contributed by atoms with Crippen molar-refractivity contribution in [1.29, 1.82) is 0 Å². The molecule has 2 atom stereocenters. The van der Waals surface area contributed by atoms with Gasteiger partial charge in [-0.1, -0.05) is 54.1 Å². The molecule has 0 saturated heterocycles. The third kappa shape index (κ3) is 5.28. The molecule has 2 rings (SSSR count). The standard InChI is InChI=1S/C17H18ClNO2S/c1-13(15-5-3-2-4-6-15)19-17(20)12-22(21)11-14-7-9-16(18)10-8-14/h2-10,13H,11-12H2,1H3,(H,19,20). The second kappa shape index (κ2) is 8.11. The molecular formula is C17H18ClNO2S. The molecule has 0 saturated carbocycles. The highest BCUT2D eigenvalue weighted by molar-refractivity contribution is 7.84. The number of amides is 1. The minimum atomic E-state index is -1.24. The minimum Gasteiger partial charge on any atom is -0.349 e. The van der Waals surface area contributed by atoms with Gasteiger partial charge in [0.1, 0.15) is 5.75 Å². The van der Waals surface area contributed by atoms with E-state index in [9.17, 15) is 9.00 Å². The molecule has 0 aromatic heterocycles. The Hall–Kier alpha value is -1.65. The third-order valence-corrected chi connectivity index (χ3v) is 4.70. The lowest BCUT2D eigenvalue weighted by molar-refractivity contribution is -0.119. The van der Waals surface area contributed by atoms with Gasteiger partial charge in [-0.2, -0.15) is 0 Å². The first-order chi connectivity index (χ1) is 10.5. The summed E-state index contributed by atoms with van der Waals surface area (Å²) in [7, 11) is -1.24. The number of benzene rings is 2. The number of hydrogen-bond donors (Lipinski definition) is 1. The van der Waals surface area contributed by atoms with Gasteiger partial charge in [0, 0.05) is 21.6 Å². The highest BCUT2D eigenvalue weighted by Crippen LogP contribution is 2.12. The van der Waals surface area contributed by atoms with Gasteiger partial charge in [0.2, 0.25) is 5.91 Å². The van der Waals surface area contributed by atoms with Crippen LogP contribution in [0.15, 0.2) is 54.6 Å². The zero-order chi connectivity index (χ0) is 15.9. The summed E-state index contributed by atoms with van der Waals surface area (Å²) in [6, 6.07) is 16.8. The number of carbonyl (C=O) groups excluding carboxylic acids is 1. The van der Waals surface area contributed by atoms with Crippen LogP contribution >= 0.6 is 11.6 Å². The summed E-state index contributed by atoms with van der Waals surface area (Å²) in [5.41, 5.74) is 1.94. The first kappa shape index (κ1) is 16.7. The van der Waals surface area contributed by atoms with Crippen LogP contribution in [0.1, 0.15) is 24.1 Å². The molecule has 0 bridgehead atoms. The SMILES string of the molecule is CC(NC(=O)CS(=O)Cc1ccc(Cl)cc1)c1ccccc1. The Morgan fingerprint density at radius 3 is 2.41 bits per heavy atom. The summed E-state index contributed by atoms with van der Waals surface area (Å²) in [4.78, 5) is 12.0. The molecule has 1 N–H and O–H groups in total. The van der Waals surface area contributed by atoms with E-state index in [1.807, 2.05) is 49.4 Å². The Balaban J connectivity index is 1.83. The van der Waals surface area contributed by atoms with Gasteiger partial charge in [-0.3, -0.25) is 9.00 Å². The summed E-state index contributed by atoms with van der Waals surface area (Å²) in [6.45, 7) is 1.91. The van der Waals surface area contributed by atoms with E-state index in [-0.39, 0.29) is 17.7 Å². The Morgan fingerprint density at radius 2 is 1.77 bits per heavy atom. The molecular weight excluding hydrogens is 318 g/mol. The molecule has 2 aromatic rings. The van der Waals surface area contributed by atoms with Crippen LogP contribution in [0.3, 0.4) is 0 Å². The lowest BCUT2D eigenvalue weighted by Gasteiger charge is -2.14. The molecule has 2 unspecified atom stereocenters. The summed E-state index contributed by atoms with van der Waals surface area (Å²) in [5.74, 6) is 0.146. The van der Waals surface area contributed by atoms with Crippen molar-refractivity contribution in [1.82, 2.24) is 5.32 Å². The van der Waals surface area contributed by atoms with E-state index in [1.165, 1.54) is 0 Å². The second-order valence-corrected chi connectivity index (χ2v) is 6.95. The van der Waals surface area contributed by atoms with Crippen LogP contribution in [0.2, 0.25) is 5.02 Å². The molecule has 0 aliphatic heterocycles. The Kier molecular flexibility index (Phi) is 6.16. The molecule has 3 nitrogen and oxygen atoms in total. The molecule has 0 aliphatic carbocycles. The van der Waals surface area contributed by atoms with Gasteiger partial charge in [0.15, 0.2) is 0 Å². The van der Waals surface area contributed by atoms with Gasteiger partial charge in [-0.25, -0.2) is 0 Å². The highest BCUT2D eigenvalue weighted by atomic mass is 35.5. The van der Waals surface area contributed by atoms with Crippen molar-refractivity contribution < 1.29 is 9.00 Å². The first-order valence-electron chi connectivity index (χ1n) is 6.98. The minimum absolute atomic E-state index is 0.000198. The second-order valence-electron chi connectivity index (χ2n) is 5.05. The average molecular weight is 336 g/mol. The number of nitrogens with one attached hydrogen (secondary N) is 1. The molecule has 2 aromatic carbocycles. The lowest BCUT2D eigenvalue weighted by atomic mass is 10.1. The van der Waals surface area contributed by atoms with Crippen molar-refractivity contribution in [3.63, 3.8) is 0 Å². The average Bonchev–Trinajstić information content (AvgIpc) is 2.50. The third-order valence-electron chi connectivity index (χ3n) is 3.21. The molecule has 0 fully saturated rings. The van der Waals surface area contributed by atoms with Gasteiger partial charge in [0.25, 0.3) is 0 Å². The smallest absolute Gasteiger partial charge is 0.233 e. The normalized spacial score (nSPS) is 13.4. The monoisotopic (exact) mass is 335 g/mol. The quantitative estimate of drug-likeness (QED) is 0.878. The predicted octanol–water partition coefficient (Wildman–Crippen LogP) is 3.47. The maximum atomic E-state index is 12.0. The predicted molar refractivity (Wildman–Crippen MR) is 91.2 cm³/mol. The lowest BCUT2D eigenvalue weighted by Crippen LogP contribution is -2.31. The number of rotatable bonds is 6. The summed E-state index contributed by atoms with van der Waals surface area (Å²) in [6.07, 6.45) is 0. The van der Waals surface area contributed by atoms with E-state index in [2.05, 4.69) is 5.32 Å². The van der Waals surface area contributed by atoms with Gasteiger partial charge in [-0.15, -0.1) is 0 Å². The molecule has 116 valence electrons. The Bertz CT molecular complexity index is 643.